The van der Waals surface area contributed by atoms with Crippen molar-refractivity contribution in [1.29, 1.82) is 0 Å². The van der Waals surface area contributed by atoms with Crippen LogP contribution in [0.25, 0.3) is 98.8 Å². The summed E-state index contributed by atoms with van der Waals surface area (Å²) in [5.41, 5.74) is 22.1. The minimum atomic E-state index is -0.0292. The van der Waals surface area contributed by atoms with Crippen LogP contribution in [-0.2, 0) is 5.41 Å². The van der Waals surface area contributed by atoms with Gasteiger partial charge in [0.05, 0.1) is 5.69 Å². The van der Waals surface area contributed by atoms with E-state index in [1.54, 1.807) is 0 Å². The van der Waals surface area contributed by atoms with Crippen LogP contribution in [0.15, 0.2) is 353 Å². The van der Waals surface area contributed by atoms with Gasteiger partial charge in [-0.05, 0) is 190 Å². The summed E-state index contributed by atoms with van der Waals surface area (Å²) in [5, 5.41) is 11.3. The minimum Gasteiger partial charge on any atom is -0.456 e. The summed E-state index contributed by atoms with van der Waals surface area (Å²) >= 11 is 19.2. The number of para-hydroxylation sites is 5. The molecular weight excluding hydrogens is 1290 g/mol. The van der Waals surface area contributed by atoms with Crippen molar-refractivity contribution in [1.82, 2.24) is 0 Å². The highest BCUT2D eigenvalue weighted by Crippen LogP contribution is 2.52. The molecule has 0 spiro atoms. The van der Waals surface area contributed by atoms with Crippen LogP contribution in [0, 0.1) is 0 Å². The largest absolute Gasteiger partial charge is 0.456 e. The van der Waals surface area contributed by atoms with E-state index in [4.69, 9.17) is 48.1 Å². The van der Waals surface area contributed by atoms with Gasteiger partial charge in [-0.25, -0.2) is 0 Å². The van der Waals surface area contributed by atoms with Crippen molar-refractivity contribution in [3.63, 3.8) is 0 Å². The van der Waals surface area contributed by atoms with Crippen LogP contribution in [0.4, 0.5) is 51.2 Å². The molecule has 0 bridgehead atoms. The molecule has 3 heterocycles. The predicted molar refractivity (Wildman–Crippen MR) is 421 cm³/mol. The molecule has 100 heavy (non-hydrogen) atoms. The summed E-state index contributed by atoms with van der Waals surface area (Å²) in [7, 11) is 0. The first-order chi connectivity index (χ1) is 49.0. The van der Waals surface area contributed by atoms with Crippen LogP contribution in [0.1, 0.15) is 25.0 Å². The van der Waals surface area contributed by atoms with E-state index in [1.165, 1.54) is 44.2 Å². The molecule has 1 aliphatic rings. The van der Waals surface area contributed by atoms with E-state index in [2.05, 4.69) is 241 Å². The summed E-state index contributed by atoms with van der Waals surface area (Å²) in [6.45, 7) is 4.61. The molecule has 19 rings (SSSR count). The maximum atomic E-state index is 6.47. The van der Waals surface area contributed by atoms with Gasteiger partial charge >= 0.3 is 0 Å². The summed E-state index contributed by atoms with van der Waals surface area (Å²) < 4.78 is 18.7. The molecule has 0 saturated carbocycles. The Morgan fingerprint density at radius 3 is 1.27 bits per heavy atom. The molecule has 0 amide bonds. The fourth-order valence-electron chi connectivity index (χ4n) is 14.4. The molecular formula is C91H62Cl3N3O3. The third-order valence-corrected chi connectivity index (χ3v) is 19.8. The van der Waals surface area contributed by atoms with Crippen molar-refractivity contribution < 1.29 is 13.3 Å². The third kappa shape index (κ3) is 11.5. The van der Waals surface area contributed by atoms with Gasteiger partial charge < -0.3 is 28.0 Å². The third-order valence-electron chi connectivity index (χ3n) is 19.1. The predicted octanol–water partition coefficient (Wildman–Crippen LogP) is 28.3. The first kappa shape index (κ1) is 61.8. The van der Waals surface area contributed by atoms with Gasteiger partial charge in [0.25, 0.3) is 0 Å². The van der Waals surface area contributed by atoms with Crippen molar-refractivity contribution in [2.75, 3.05) is 14.7 Å². The maximum Gasteiger partial charge on any atom is 0.159 e. The minimum absolute atomic E-state index is 0.0292. The van der Waals surface area contributed by atoms with Gasteiger partial charge in [-0.2, -0.15) is 0 Å². The topological polar surface area (TPSA) is 49.1 Å². The standard InChI is InChI=1S/C34H22ClNO.C33H24ClNO.C24H16ClNO/c35-27-8-5-9-29(21-27)36(30-18-19-32-31-10-3-4-11-33(31)37-34(32)22-30)28-16-14-24(15-17-28)26-13-12-23-6-1-2-7-25(23)20-26;1-33(2)29-12-5-3-10-25(29)28-19-23(15-17-30(28)33)35(22-9-7-8-21(34)18-22)24-14-16-27-26-11-4-6-13-31(26)36-32(27)20-24;25-17-8-6-11-19(16-17)26(18-9-2-1-3-10-18)22-14-7-13-21-20-12-4-5-15-23(20)27-24(21)22/h1-22H;3-20H,1-2H3;1-16H. The molecule has 0 saturated heterocycles. The monoisotopic (exact) mass is 1350 g/mol. The van der Waals surface area contributed by atoms with Crippen LogP contribution < -0.4 is 14.7 Å². The van der Waals surface area contributed by atoms with Crippen molar-refractivity contribution in [3.8, 4) is 22.3 Å². The first-order valence-electron chi connectivity index (χ1n) is 33.3. The molecule has 0 fully saturated rings. The lowest BCUT2D eigenvalue weighted by Gasteiger charge is -2.27. The normalized spacial score (nSPS) is 12.1. The number of hydrogen-bond acceptors (Lipinski definition) is 6. The van der Waals surface area contributed by atoms with Gasteiger partial charge in [0.1, 0.15) is 27.9 Å². The fourth-order valence-corrected chi connectivity index (χ4v) is 14.9. The molecule has 1 aliphatic carbocycles. The number of benzene rings is 15. The van der Waals surface area contributed by atoms with E-state index >= 15 is 0 Å². The smallest absolute Gasteiger partial charge is 0.159 e. The zero-order chi connectivity index (χ0) is 67.4. The quantitative estimate of drug-likeness (QED) is 0.136. The SMILES string of the molecule is CC1(C)c2ccccc2-c2cc(N(c3cccc(Cl)c3)c3ccc4c(c3)oc3ccccc34)ccc21.Clc1cccc(N(c2ccc(-c3ccc4ccccc4c3)cc2)c2ccc3c(c2)oc2ccccc23)c1.Clc1cccc(N(c2ccccc2)c2cccc3c2oc2ccccc23)c1. The lowest BCUT2D eigenvalue weighted by molar-refractivity contribution is 0.660. The summed E-state index contributed by atoms with van der Waals surface area (Å²) in [5.74, 6) is 0. The van der Waals surface area contributed by atoms with Crippen LogP contribution in [-0.4, -0.2) is 0 Å². The summed E-state index contributed by atoms with van der Waals surface area (Å²) in [6, 6.07) is 117. The summed E-state index contributed by atoms with van der Waals surface area (Å²) in [6.07, 6.45) is 0. The number of nitrogens with zero attached hydrogens (tertiary/aromatic N) is 3. The van der Waals surface area contributed by atoms with E-state index < -0.39 is 0 Å². The van der Waals surface area contributed by atoms with Gasteiger partial charge in [-0.3, -0.25) is 0 Å². The van der Waals surface area contributed by atoms with E-state index in [0.717, 1.165) is 117 Å². The number of fused-ring (bicyclic) bond motifs is 13. The number of rotatable bonds is 10. The van der Waals surface area contributed by atoms with E-state index in [9.17, 15) is 0 Å². The molecule has 15 aromatic carbocycles. The highest BCUT2D eigenvalue weighted by atomic mass is 35.5. The Hall–Kier alpha value is -11.8. The average molecular weight is 1350 g/mol. The molecule has 0 N–H and O–H groups in total. The van der Waals surface area contributed by atoms with Gasteiger partial charge in [-0.15, -0.1) is 0 Å². The molecule has 6 nitrogen and oxygen atoms in total. The Bertz CT molecular complexity index is 6110. The van der Waals surface area contributed by atoms with E-state index in [0.29, 0.717) is 15.1 Å². The molecule has 18 aromatic rings. The zero-order valence-electron chi connectivity index (χ0n) is 54.5. The van der Waals surface area contributed by atoms with Crippen molar-refractivity contribution >= 4 is 163 Å². The average Bonchev–Trinajstić information content (AvgIpc) is 1.62. The van der Waals surface area contributed by atoms with Crippen LogP contribution >= 0.6 is 34.8 Å². The van der Waals surface area contributed by atoms with Gasteiger partial charge in [0.15, 0.2) is 5.58 Å². The highest BCUT2D eigenvalue weighted by molar-refractivity contribution is 6.31. The number of halogens is 3. The van der Waals surface area contributed by atoms with Gasteiger partial charge in [-0.1, -0.05) is 231 Å². The van der Waals surface area contributed by atoms with Crippen LogP contribution in [0.2, 0.25) is 15.1 Å². The van der Waals surface area contributed by atoms with E-state index in [1.807, 2.05) is 127 Å². The lowest BCUT2D eigenvalue weighted by Crippen LogP contribution is -2.15. The van der Waals surface area contributed by atoms with Crippen molar-refractivity contribution in [3.05, 3.63) is 366 Å². The lowest BCUT2D eigenvalue weighted by atomic mass is 9.82. The van der Waals surface area contributed by atoms with Crippen molar-refractivity contribution in [2.24, 2.45) is 0 Å². The Morgan fingerprint density at radius 2 is 0.660 bits per heavy atom. The van der Waals surface area contributed by atoms with Crippen molar-refractivity contribution in [2.45, 2.75) is 19.3 Å². The molecule has 9 heteroatoms. The Labute approximate surface area is 593 Å². The Balaban J connectivity index is 0.000000114. The molecule has 3 aromatic heterocycles. The van der Waals surface area contributed by atoms with Gasteiger partial charge in [0, 0.05) is 110 Å². The Morgan fingerprint density at radius 1 is 0.250 bits per heavy atom. The molecule has 0 atom stereocenters. The summed E-state index contributed by atoms with van der Waals surface area (Å²) in [4.78, 5) is 6.64. The second-order valence-electron chi connectivity index (χ2n) is 25.6. The van der Waals surface area contributed by atoms with Crippen LogP contribution in [0.3, 0.4) is 0 Å². The fraction of sp³-hybridized carbons (Fsp3) is 0.0330. The zero-order valence-corrected chi connectivity index (χ0v) is 56.8. The number of anilines is 9. The molecule has 480 valence electrons. The maximum absolute atomic E-state index is 6.47. The van der Waals surface area contributed by atoms with Crippen LogP contribution in [0.5, 0.6) is 0 Å². The van der Waals surface area contributed by atoms with Gasteiger partial charge in [0.2, 0.25) is 0 Å². The molecule has 0 radical (unpaired) electrons. The Kier molecular flexibility index (Phi) is 16.0. The molecule has 0 unspecified atom stereocenters. The number of furan rings is 3. The number of hydrogen-bond donors (Lipinski definition) is 0. The molecule has 0 aliphatic heterocycles. The second-order valence-corrected chi connectivity index (χ2v) is 26.9. The second kappa shape index (κ2) is 25.9. The van der Waals surface area contributed by atoms with E-state index in [-0.39, 0.29) is 5.41 Å². The highest BCUT2D eigenvalue weighted by Gasteiger charge is 2.36. The first-order valence-corrected chi connectivity index (χ1v) is 34.5.